The number of furan rings is 1. The average Bonchev–Trinajstić information content (AvgIpc) is 3.33. The Labute approximate surface area is 152 Å². The van der Waals surface area contributed by atoms with Crippen LogP contribution in [0.15, 0.2) is 40.8 Å². The molecule has 1 saturated carbocycles. The lowest BCUT2D eigenvalue weighted by Gasteiger charge is -2.12. The first kappa shape index (κ1) is 18.0. The van der Waals surface area contributed by atoms with E-state index in [4.69, 9.17) is 13.9 Å². The van der Waals surface area contributed by atoms with Gasteiger partial charge in [0.1, 0.15) is 17.3 Å². The summed E-state index contributed by atoms with van der Waals surface area (Å²) in [5, 5.41) is 2.82. The Kier molecular flexibility index (Phi) is 5.61. The molecule has 1 heterocycles. The highest BCUT2D eigenvalue weighted by molar-refractivity contribution is 5.83. The fraction of sp³-hybridized carbons (Fsp3) is 0.400. The molecule has 0 radical (unpaired) electrons. The van der Waals surface area contributed by atoms with Crippen molar-refractivity contribution in [1.82, 2.24) is 5.32 Å². The lowest BCUT2D eigenvalue weighted by atomic mass is 10.2. The van der Waals surface area contributed by atoms with E-state index in [0.717, 1.165) is 29.9 Å². The molecule has 1 N–H and O–H groups in total. The molecule has 26 heavy (non-hydrogen) atoms. The minimum atomic E-state index is -0.769. The van der Waals surface area contributed by atoms with Crippen molar-refractivity contribution in [3.8, 4) is 17.1 Å². The fourth-order valence-electron chi connectivity index (χ4n) is 2.50. The molecule has 1 aromatic carbocycles. The number of aryl methyl sites for hydroxylation is 1. The van der Waals surface area contributed by atoms with Crippen LogP contribution in [0.3, 0.4) is 0 Å². The molecule has 1 aliphatic carbocycles. The number of hydrogen-bond donors (Lipinski definition) is 1. The first-order chi connectivity index (χ1) is 12.5. The van der Waals surface area contributed by atoms with Crippen LogP contribution >= 0.6 is 0 Å². The lowest BCUT2D eigenvalue weighted by Crippen LogP contribution is -2.37. The van der Waals surface area contributed by atoms with Crippen molar-refractivity contribution in [2.75, 3.05) is 7.11 Å². The number of benzene rings is 1. The number of ether oxygens (including phenoxy) is 2. The van der Waals surface area contributed by atoms with Crippen molar-refractivity contribution < 1.29 is 23.5 Å². The molecule has 138 valence electrons. The van der Waals surface area contributed by atoms with Gasteiger partial charge in [-0.2, -0.15) is 0 Å². The van der Waals surface area contributed by atoms with Gasteiger partial charge >= 0.3 is 5.97 Å². The first-order valence-electron chi connectivity index (χ1n) is 8.78. The maximum Gasteiger partial charge on any atom is 0.307 e. The van der Waals surface area contributed by atoms with Gasteiger partial charge in [0.25, 0.3) is 5.91 Å². The van der Waals surface area contributed by atoms with Crippen molar-refractivity contribution in [3.63, 3.8) is 0 Å². The molecule has 1 atom stereocenters. The fourth-order valence-corrected chi connectivity index (χ4v) is 2.50. The van der Waals surface area contributed by atoms with E-state index in [-0.39, 0.29) is 18.4 Å². The molecular formula is C20H23NO5. The Morgan fingerprint density at radius 3 is 2.58 bits per heavy atom. The zero-order valence-electron chi connectivity index (χ0n) is 15.0. The van der Waals surface area contributed by atoms with E-state index in [1.165, 1.54) is 0 Å². The predicted octanol–water partition coefficient (Wildman–Crippen LogP) is 3.10. The Hall–Kier alpha value is -2.76. The number of methoxy groups -OCH3 is 1. The predicted molar refractivity (Wildman–Crippen MR) is 95.7 cm³/mol. The molecule has 1 aromatic heterocycles. The second-order valence-corrected chi connectivity index (χ2v) is 6.41. The summed E-state index contributed by atoms with van der Waals surface area (Å²) < 4.78 is 16.1. The van der Waals surface area contributed by atoms with Gasteiger partial charge in [-0.25, -0.2) is 0 Å². The number of hydrogen-bond acceptors (Lipinski definition) is 5. The molecule has 1 unspecified atom stereocenters. The van der Waals surface area contributed by atoms with Crippen LogP contribution < -0.4 is 10.1 Å². The van der Waals surface area contributed by atoms with Crippen LogP contribution in [-0.2, 0) is 20.7 Å². The maximum absolute atomic E-state index is 11.9. The highest BCUT2D eigenvalue weighted by Gasteiger charge is 2.27. The summed E-state index contributed by atoms with van der Waals surface area (Å²) in [7, 11) is 1.62. The second kappa shape index (κ2) is 8.08. The van der Waals surface area contributed by atoms with Gasteiger partial charge in [-0.05, 0) is 56.2 Å². The lowest BCUT2D eigenvalue weighted by molar-refractivity contribution is -0.154. The third-order valence-electron chi connectivity index (χ3n) is 4.21. The van der Waals surface area contributed by atoms with E-state index in [1.807, 2.05) is 36.4 Å². The maximum atomic E-state index is 11.9. The van der Waals surface area contributed by atoms with Crippen LogP contribution in [0.1, 0.15) is 31.9 Å². The van der Waals surface area contributed by atoms with Crippen LogP contribution in [0.4, 0.5) is 0 Å². The van der Waals surface area contributed by atoms with Crippen molar-refractivity contribution in [3.05, 3.63) is 42.2 Å². The van der Waals surface area contributed by atoms with Crippen molar-refractivity contribution in [2.24, 2.45) is 0 Å². The van der Waals surface area contributed by atoms with Gasteiger partial charge in [-0.3, -0.25) is 9.59 Å². The summed E-state index contributed by atoms with van der Waals surface area (Å²) >= 11 is 0. The number of rotatable bonds is 8. The summed E-state index contributed by atoms with van der Waals surface area (Å²) in [6.07, 6.45) is 1.82. The molecule has 6 heteroatoms. The Balaban J connectivity index is 1.47. The highest BCUT2D eigenvalue weighted by Crippen LogP contribution is 2.25. The number of amides is 1. The number of carbonyl (C=O) groups excluding carboxylic acids is 2. The normalized spacial score (nSPS) is 14.5. The summed E-state index contributed by atoms with van der Waals surface area (Å²) in [4.78, 5) is 23.7. The molecule has 0 bridgehead atoms. The van der Waals surface area contributed by atoms with Gasteiger partial charge in [0.15, 0.2) is 6.10 Å². The van der Waals surface area contributed by atoms with Crippen LogP contribution in [0.25, 0.3) is 11.3 Å². The summed E-state index contributed by atoms with van der Waals surface area (Å²) in [5.74, 6) is 1.56. The van der Waals surface area contributed by atoms with Crippen LogP contribution in [0.5, 0.6) is 5.75 Å². The van der Waals surface area contributed by atoms with Gasteiger partial charge in [0.2, 0.25) is 0 Å². The van der Waals surface area contributed by atoms with Gasteiger partial charge in [-0.15, -0.1) is 0 Å². The largest absolute Gasteiger partial charge is 0.497 e. The van der Waals surface area contributed by atoms with E-state index in [9.17, 15) is 9.59 Å². The molecule has 0 spiro atoms. The number of esters is 1. The van der Waals surface area contributed by atoms with Crippen molar-refractivity contribution in [2.45, 2.75) is 44.8 Å². The second-order valence-electron chi connectivity index (χ2n) is 6.41. The molecule has 1 fully saturated rings. The van der Waals surface area contributed by atoms with E-state index in [0.29, 0.717) is 12.2 Å². The van der Waals surface area contributed by atoms with Gasteiger partial charge < -0.3 is 19.2 Å². The zero-order chi connectivity index (χ0) is 18.5. The molecule has 2 aromatic rings. The van der Waals surface area contributed by atoms with Crippen LogP contribution in [-0.4, -0.2) is 31.1 Å². The minimum Gasteiger partial charge on any atom is -0.497 e. The number of nitrogens with one attached hydrogen (secondary N) is 1. The standard InChI is InChI=1S/C20H23NO5/c1-13(20(23)21-15-5-6-15)25-19(22)12-10-17-9-11-18(26-17)14-3-7-16(24-2)8-4-14/h3-4,7-9,11,13,15H,5-6,10,12H2,1-2H3,(H,21,23). The smallest absolute Gasteiger partial charge is 0.307 e. The average molecular weight is 357 g/mol. The zero-order valence-corrected chi connectivity index (χ0v) is 15.0. The third kappa shape index (κ3) is 4.88. The summed E-state index contributed by atoms with van der Waals surface area (Å²) in [5.41, 5.74) is 0.935. The van der Waals surface area contributed by atoms with E-state index < -0.39 is 12.1 Å². The van der Waals surface area contributed by atoms with Crippen LogP contribution in [0, 0.1) is 0 Å². The molecule has 0 aliphatic heterocycles. The Morgan fingerprint density at radius 1 is 1.19 bits per heavy atom. The van der Waals surface area contributed by atoms with E-state index in [1.54, 1.807) is 14.0 Å². The topological polar surface area (TPSA) is 77.8 Å². The molecule has 1 aliphatic rings. The highest BCUT2D eigenvalue weighted by atomic mass is 16.5. The molecule has 0 saturated heterocycles. The van der Waals surface area contributed by atoms with Crippen molar-refractivity contribution in [1.29, 1.82) is 0 Å². The van der Waals surface area contributed by atoms with Gasteiger partial charge in [-0.1, -0.05) is 0 Å². The molecule has 6 nitrogen and oxygen atoms in total. The minimum absolute atomic E-state index is 0.163. The Bertz CT molecular complexity index is 761. The summed E-state index contributed by atoms with van der Waals surface area (Å²) in [6.45, 7) is 1.59. The summed E-state index contributed by atoms with van der Waals surface area (Å²) in [6, 6.07) is 11.5. The number of carbonyl (C=O) groups is 2. The SMILES string of the molecule is COc1ccc(-c2ccc(CCC(=O)OC(C)C(=O)NC3CC3)o2)cc1. The molecular weight excluding hydrogens is 334 g/mol. The first-order valence-corrected chi connectivity index (χ1v) is 8.78. The van der Waals surface area contributed by atoms with Gasteiger partial charge in [0, 0.05) is 18.0 Å². The molecule has 3 rings (SSSR count). The molecule has 1 amide bonds. The van der Waals surface area contributed by atoms with Gasteiger partial charge in [0.05, 0.1) is 13.5 Å². The van der Waals surface area contributed by atoms with Crippen LogP contribution in [0.2, 0.25) is 0 Å². The Morgan fingerprint density at radius 2 is 1.92 bits per heavy atom. The van der Waals surface area contributed by atoms with Crippen molar-refractivity contribution >= 4 is 11.9 Å². The van der Waals surface area contributed by atoms with E-state index >= 15 is 0 Å². The van der Waals surface area contributed by atoms with E-state index in [2.05, 4.69) is 5.32 Å². The quantitative estimate of drug-likeness (QED) is 0.735. The third-order valence-corrected chi connectivity index (χ3v) is 4.21. The monoisotopic (exact) mass is 357 g/mol.